The van der Waals surface area contributed by atoms with Crippen molar-refractivity contribution in [1.82, 2.24) is 4.57 Å². The van der Waals surface area contributed by atoms with Crippen molar-refractivity contribution < 1.29 is 0 Å². The zero-order valence-electron chi connectivity index (χ0n) is 16.0. The molecular formula is C23H37N. The number of aryl methyl sites for hydroxylation is 2. The van der Waals surface area contributed by atoms with Crippen molar-refractivity contribution in [2.45, 2.75) is 97.4 Å². The van der Waals surface area contributed by atoms with Gasteiger partial charge in [-0.15, -0.1) is 0 Å². The summed E-state index contributed by atoms with van der Waals surface area (Å²) in [5.74, 6) is 0. The van der Waals surface area contributed by atoms with Crippen LogP contribution in [0, 0.1) is 6.92 Å². The Labute approximate surface area is 149 Å². The van der Waals surface area contributed by atoms with Crippen LogP contribution in [0.2, 0.25) is 0 Å². The third-order valence-corrected chi connectivity index (χ3v) is 5.25. The maximum absolute atomic E-state index is 2.49. The number of aromatic nitrogens is 1. The molecule has 0 unspecified atom stereocenters. The highest BCUT2D eigenvalue weighted by molar-refractivity contribution is 5.81. The Bertz CT molecular complexity index is 566. The van der Waals surface area contributed by atoms with Crippen LogP contribution in [0.1, 0.15) is 89.7 Å². The molecule has 1 aromatic carbocycles. The average Bonchev–Trinajstić information content (AvgIpc) is 2.91. The number of hydrogen-bond donors (Lipinski definition) is 0. The monoisotopic (exact) mass is 327 g/mol. The molecule has 0 aliphatic carbocycles. The second kappa shape index (κ2) is 11.3. The first-order valence-electron chi connectivity index (χ1n) is 10.4. The number of rotatable bonds is 13. The number of fused-ring (bicyclic) bond motifs is 1. The number of benzene rings is 1. The van der Waals surface area contributed by atoms with Crippen LogP contribution in [0.25, 0.3) is 10.9 Å². The normalized spacial score (nSPS) is 11.4. The third-order valence-electron chi connectivity index (χ3n) is 5.25. The van der Waals surface area contributed by atoms with E-state index in [9.17, 15) is 0 Å². The summed E-state index contributed by atoms with van der Waals surface area (Å²) >= 11 is 0. The zero-order valence-corrected chi connectivity index (χ0v) is 16.0. The lowest BCUT2D eigenvalue weighted by Crippen LogP contribution is -1.99. The van der Waals surface area contributed by atoms with Crippen LogP contribution in [0.15, 0.2) is 30.3 Å². The van der Waals surface area contributed by atoms with Gasteiger partial charge in [0.1, 0.15) is 0 Å². The molecule has 0 amide bonds. The molecular weight excluding hydrogens is 290 g/mol. The first-order chi connectivity index (χ1) is 11.8. The molecule has 0 radical (unpaired) electrons. The van der Waals surface area contributed by atoms with Gasteiger partial charge >= 0.3 is 0 Å². The van der Waals surface area contributed by atoms with Gasteiger partial charge in [-0.1, -0.05) is 95.8 Å². The highest BCUT2D eigenvalue weighted by Crippen LogP contribution is 2.20. The number of hydrogen-bond acceptors (Lipinski definition) is 0. The summed E-state index contributed by atoms with van der Waals surface area (Å²) in [7, 11) is 0. The lowest BCUT2D eigenvalue weighted by molar-refractivity contribution is 0.530. The SMILES string of the molecule is CCCCCCCCCCCCCCn1c(C)cc2ccccc21. The molecule has 134 valence electrons. The summed E-state index contributed by atoms with van der Waals surface area (Å²) in [5, 5.41) is 1.38. The van der Waals surface area contributed by atoms with Crippen LogP contribution in [-0.2, 0) is 6.54 Å². The standard InChI is InChI=1S/C23H37N/c1-3-4-5-6-7-8-9-10-11-12-13-16-19-24-21(2)20-22-17-14-15-18-23(22)24/h14-15,17-18,20H,3-13,16,19H2,1-2H3. The van der Waals surface area contributed by atoms with Crippen molar-refractivity contribution >= 4 is 10.9 Å². The Kier molecular flexibility index (Phi) is 9.02. The van der Waals surface area contributed by atoms with E-state index >= 15 is 0 Å². The molecule has 1 nitrogen and oxygen atoms in total. The van der Waals surface area contributed by atoms with Crippen molar-refractivity contribution in [3.63, 3.8) is 0 Å². The fraction of sp³-hybridized carbons (Fsp3) is 0.652. The van der Waals surface area contributed by atoms with Gasteiger partial charge in [-0.05, 0) is 30.9 Å². The summed E-state index contributed by atoms with van der Waals surface area (Å²) in [4.78, 5) is 0. The summed E-state index contributed by atoms with van der Waals surface area (Å²) in [5.41, 5.74) is 2.80. The summed E-state index contributed by atoms with van der Waals surface area (Å²) < 4.78 is 2.49. The van der Waals surface area contributed by atoms with E-state index in [-0.39, 0.29) is 0 Å². The van der Waals surface area contributed by atoms with Gasteiger partial charge in [-0.2, -0.15) is 0 Å². The molecule has 0 fully saturated rings. The van der Waals surface area contributed by atoms with Gasteiger partial charge in [0, 0.05) is 17.8 Å². The van der Waals surface area contributed by atoms with E-state index in [0.717, 1.165) is 0 Å². The van der Waals surface area contributed by atoms with Crippen molar-refractivity contribution in [1.29, 1.82) is 0 Å². The van der Waals surface area contributed by atoms with E-state index in [0.29, 0.717) is 0 Å². The van der Waals surface area contributed by atoms with Crippen LogP contribution in [0.3, 0.4) is 0 Å². The van der Waals surface area contributed by atoms with Crippen LogP contribution < -0.4 is 0 Å². The average molecular weight is 328 g/mol. The van der Waals surface area contributed by atoms with E-state index in [4.69, 9.17) is 0 Å². The van der Waals surface area contributed by atoms with Gasteiger partial charge in [-0.25, -0.2) is 0 Å². The molecule has 0 saturated heterocycles. The van der Waals surface area contributed by atoms with E-state index in [1.807, 2.05) is 0 Å². The smallest absolute Gasteiger partial charge is 0.0482 e. The van der Waals surface area contributed by atoms with Gasteiger partial charge in [0.25, 0.3) is 0 Å². The Hall–Kier alpha value is -1.24. The van der Waals surface area contributed by atoms with Crippen molar-refractivity contribution in [3.8, 4) is 0 Å². The molecule has 1 heterocycles. The lowest BCUT2D eigenvalue weighted by atomic mass is 10.1. The molecule has 2 aromatic rings. The van der Waals surface area contributed by atoms with E-state index in [2.05, 4.69) is 48.7 Å². The maximum Gasteiger partial charge on any atom is 0.0482 e. The van der Waals surface area contributed by atoms with Crippen LogP contribution >= 0.6 is 0 Å². The first-order valence-corrected chi connectivity index (χ1v) is 10.4. The van der Waals surface area contributed by atoms with Crippen molar-refractivity contribution in [2.75, 3.05) is 0 Å². The van der Waals surface area contributed by atoms with Crippen LogP contribution in [0.5, 0.6) is 0 Å². The fourth-order valence-corrected chi connectivity index (χ4v) is 3.76. The number of para-hydroxylation sites is 1. The molecule has 0 aliphatic heterocycles. The molecule has 0 aliphatic rings. The summed E-state index contributed by atoms with van der Waals surface area (Å²) in [6.07, 6.45) is 17.0. The van der Waals surface area contributed by atoms with Gasteiger partial charge in [0.2, 0.25) is 0 Å². The van der Waals surface area contributed by atoms with E-state index in [1.165, 1.54) is 100 Å². The predicted octanol–water partition coefficient (Wildman–Crippen LogP) is 7.65. The molecule has 0 spiro atoms. The first kappa shape index (κ1) is 19.1. The molecule has 0 saturated carbocycles. The molecule has 0 N–H and O–H groups in total. The summed E-state index contributed by atoms with van der Waals surface area (Å²) in [6.45, 7) is 5.71. The Balaban J connectivity index is 1.50. The van der Waals surface area contributed by atoms with Gasteiger partial charge < -0.3 is 4.57 Å². The molecule has 0 atom stereocenters. The fourth-order valence-electron chi connectivity index (χ4n) is 3.76. The quantitative estimate of drug-likeness (QED) is 0.333. The Morgan fingerprint density at radius 2 is 1.25 bits per heavy atom. The van der Waals surface area contributed by atoms with Crippen molar-refractivity contribution in [2.24, 2.45) is 0 Å². The molecule has 1 aromatic heterocycles. The molecule has 0 bridgehead atoms. The van der Waals surface area contributed by atoms with E-state index in [1.54, 1.807) is 0 Å². The van der Waals surface area contributed by atoms with Crippen molar-refractivity contribution in [3.05, 3.63) is 36.0 Å². The second-order valence-corrected chi connectivity index (χ2v) is 7.39. The zero-order chi connectivity index (χ0) is 17.0. The van der Waals surface area contributed by atoms with Gasteiger partial charge in [-0.3, -0.25) is 0 Å². The topological polar surface area (TPSA) is 4.93 Å². The second-order valence-electron chi connectivity index (χ2n) is 7.39. The molecule has 1 heteroatoms. The minimum absolute atomic E-state index is 1.18. The largest absolute Gasteiger partial charge is 0.345 e. The number of unbranched alkanes of at least 4 members (excludes halogenated alkanes) is 11. The Morgan fingerprint density at radius 1 is 0.708 bits per heavy atom. The Morgan fingerprint density at radius 3 is 1.88 bits per heavy atom. The molecule has 2 rings (SSSR count). The van der Waals surface area contributed by atoms with Crippen LogP contribution in [-0.4, -0.2) is 4.57 Å². The van der Waals surface area contributed by atoms with Gasteiger partial charge in [0.15, 0.2) is 0 Å². The molecule has 24 heavy (non-hydrogen) atoms. The minimum atomic E-state index is 1.18. The number of nitrogens with zero attached hydrogens (tertiary/aromatic N) is 1. The van der Waals surface area contributed by atoms with Gasteiger partial charge in [0.05, 0.1) is 0 Å². The van der Waals surface area contributed by atoms with E-state index < -0.39 is 0 Å². The maximum atomic E-state index is 2.49. The highest BCUT2D eigenvalue weighted by Gasteiger charge is 2.04. The lowest BCUT2D eigenvalue weighted by Gasteiger charge is -2.08. The predicted molar refractivity (Wildman–Crippen MR) is 108 cm³/mol. The third kappa shape index (κ3) is 6.34. The minimum Gasteiger partial charge on any atom is -0.345 e. The summed E-state index contributed by atoms with van der Waals surface area (Å²) in [6, 6.07) is 11.1. The highest BCUT2D eigenvalue weighted by atomic mass is 15.0. The van der Waals surface area contributed by atoms with Crippen LogP contribution in [0.4, 0.5) is 0 Å².